The van der Waals surface area contributed by atoms with Gasteiger partial charge in [-0.3, -0.25) is 4.98 Å². The monoisotopic (exact) mass is 386 g/mol. The quantitative estimate of drug-likeness (QED) is 0.431. The van der Waals surface area contributed by atoms with Gasteiger partial charge in [0.25, 0.3) is 5.66 Å². The normalized spacial score (nSPS) is 19.0. The number of hydrogen-bond acceptors (Lipinski definition) is 4. The van der Waals surface area contributed by atoms with Crippen molar-refractivity contribution in [1.29, 1.82) is 5.26 Å². The lowest BCUT2D eigenvalue weighted by Crippen LogP contribution is -2.17. The molecule has 2 aromatic rings. The van der Waals surface area contributed by atoms with Gasteiger partial charge in [-0.2, -0.15) is 5.26 Å². The van der Waals surface area contributed by atoms with E-state index in [0.29, 0.717) is 5.92 Å². The summed E-state index contributed by atoms with van der Waals surface area (Å²) in [5.74, 6) is 0.399. The Morgan fingerprint density at radius 3 is 2.52 bits per heavy atom. The van der Waals surface area contributed by atoms with Crippen molar-refractivity contribution in [1.82, 2.24) is 4.98 Å². The minimum Gasteiger partial charge on any atom is -0.264 e. The van der Waals surface area contributed by atoms with Crippen LogP contribution in [-0.4, -0.2) is 16.9 Å². The molecule has 0 amide bonds. The molecule has 1 aliphatic heterocycles. The molecule has 4 nitrogen and oxygen atoms in total. The Hall–Kier alpha value is -2.80. The van der Waals surface area contributed by atoms with E-state index in [2.05, 4.69) is 53.3 Å². The SMILES string of the molecule is CCCCCCCCC(CC1=NC(C#N)(c2cccnc2)N=C1)c1ccccc1. The highest BCUT2D eigenvalue weighted by atomic mass is 15.1. The number of pyridine rings is 1. The summed E-state index contributed by atoms with van der Waals surface area (Å²) < 4.78 is 0. The van der Waals surface area contributed by atoms with E-state index >= 15 is 0 Å². The van der Waals surface area contributed by atoms with Crippen molar-refractivity contribution in [3.63, 3.8) is 0 Å². The molecule has 0 radical (unpaired) electrons. The molecular formula is C25H30N4. The fourth-order valence-corrected chi connectivity index (χ4v) is 3.89. The highest BCUT2D eigenvalue weighted by Gasteiger charge is 2.35. The minimum absolute atomic E-state index is 0.399. The summed E-state index contributed by atoms with van der Waals surface area (Å²) in [6.07, 6.45) is 14.9. The second-order valence-corrected chi connectivity index (χ2v) is 7.76. The van der Waals surface area contributed by atoms with Gasteiger partial charge >= 0.3 is 0 Å². The van der Waals surface area contributed by atoms with Gasteiger partial charge < -0.3 is 0 Å². The van der Waals surface area contributed by atoms with Crippen molar-refractivity contribution in [2.24, 2.45) is 9.98 Å². The van der Waals surface area contributed by atoms with E-state index in [1.165, 1.54) is 44.1 Å². The van der Waals surface area contributed by atoms with Crippen molar-refractivity contribution in [3.8, 4) is 6.07 Å². The predicted octanol–water partition coefficient (Wildman–Crippen LogP) is 6.21. The van der Waals surface area contributed by atoms with Gasteiger partial charge in [-0.1, -0.05) is 81.8 Å². The maximum absolute atomic E-state index is 9.78. The number of nitriles is 1. The van der Waals surface area contributed by atoms with Gasteiger partial charge in [0.1, 0.15) is 6.07 Å². The zero-order valence-electron chi connectivity index (χ0n) is 17.3. The molecule has 1 aliphatic rings. The topological polar surface area (TPSA) is 61.4 Å². The Bertz CT molecular complexity index is 851. The molecule has 2 heterocycles. The third-order valence-electron chi connectivity index (χ3n) is 5.56. The number of rotatable bonds is 11. The van der Waals surface area contributed by atoms with Gasteiger partial charge in [-0.05, 0) is 30.4 Å². The van der Waals surface area contributed by atoms with E-state index in [1.807, 2.05) is 12.1 Å². The van der Waals surface area contributed by atoms with E-state index in [-0.39, 0.29) is 0 Å². The Morgan fingerprint density at radius 2 is 1.79 bits per heavy atom. The molecule has 0 fully saturated rings. The van der Waals surface area contributed by atoms with E-state index in [4.69, 9.17) is 4.99 Å². The molecule has 0 N–H and O–H groups in total. The third-order valence-corrected chi connectivity index (χ3v) is 5.56. The van der Waals surface area contributed by atoms with Crippen LogP contribution in [0.4, 0.5) is 0 Å². The van der Waals surface area contributed by atoms with Crippen molar-refractivity contribution in [3.05, 3.63) is 66.0 Å². The molecular weight excluding hydrogens is 356 g/mol. The molecule has 1 aromatic heterocycles. The lowest BCUT2D eigenvalue weighted by Gasteiger charge is -2.18. The van der Waals surface area contributed by atoms with Crippen molar-refractivity contribution in [2.45, 2.75) is 69.9 Å². The van der Waals surface area contributed by atoms with Gasteiger partial charge in [-0.25, -0.2) is 9.98 Å². The first-order valence-electron chi connectivity index (χ1n) is 10.8. The first-order chi connectivity index (χ1) is 14.3. The average Bonchev–Trinajstić information content (AvgIpc) is 3.21. The van der Waals surface area contributed by atoms with Crippen LogP contribution in [-0.2, 0) is 5.66 Å². The Balaban J connectivity index is 1.69. The van der Waals surface area contributed by atoms with E-state index in [1.54, 1.807) is 18.6 Å². The summed E-state index contributed by atoms with van der Waals surface area (Å²) in [4.78, 5) is 13.4. The molecule has 1 aromatic carbocycles. The molecule has 29 heavy (non-hydrogen) atoms. The number of nitrogens with zero attached hydrogens (tertiary/aromatic N) is 4. The van der Waals surface area contributed by atoms with Crippen molar-refractivity contribution < 1.29 is 0 Å². The van der Waals surface area contributed by atoms with Crippen LogP contribution >= 0.6 is 0 Å². The summed E-state index contributed by atoms with van der Waals surface area (Å²) in [7, 11) is 0. The lowest BCUT2D eigenvalue weighted by molar-refractivity contribution is 0.545. The zero-order valence-corrected chi connectivity index (χ0v) is 17.3. The van der Waals surface area contributed by atoms with Crippen LogP contribution in [0.5, 0.6) is 0 Å². The highest BCUT2D eigenvalue weighted by molar-refractivity contribution is 6.32. The molecule has 0 saturated carbocycles. The Morgan fingerprint density at radius 1 is 1.00 bits per heavy atom. The smallest absolute Gasteiger partial charge is 0.264 e. The molecule has 0 saturated heterocycles. The van der Waals surface area contributed by atoms with E-state index in [9.17, 15) is 5.26 Å². The van der Waals surface area contributed by atoms with Gasteiger partial charge in [0.05, 0.1) is 5.71 Å². The number of aliphatic imine (C=N–C) groups is 2. The first kappa shape index (κ1) is 20.9. The van der Waals surface area contributed by atoms with Gasteiger partial charge in [0.2, 0.25) is 0 Å². The van der Waals surface area contributed by atoms with Crippen LogP contribution in [0.1, 0.15) is 75.3 Å². The van der Waals surface area contributed by atoms with Crippen LogP contribution in [0.2, 0.25) is 0 Å². The van der Waals surface area contributed by atoms with Crippen molar-refractivity contribution >= 4 is 11.9 Å². The van der Waals surface area contributed by atoms with Gasteiger partial charge in [0.15, 0.2) is 0 Å². The molecule has 3 rings (SSSR count). The zero-order chi connectivity index (χ0) is 20.4. The fraction of sp³-hybridized carbons (Fsp3) is 0.440. The molecule has 0 aliphatic carbocycles. The van der Waals surface area contributed by atoms with E-state index < -0.39 is 5.66 Å². The maximum Gasteiger partial charge on any atom is 0.265 e. The predicted molar refractivity (Wildman–Crippen MR) is 119 cm³/mol. The van der Waals surface area contributed by atoms with Crippen LogP contribution in [0.15, 0.2) is 64.8 Å². The summed E-state index contributed by atoms with van der Waals surface area (Å²) in [5, 5.41) is 9.78. The third kappa shape index (κ3) is 5.60. The molecule has 2 unspecified atom stereocenters. The summed E-state index contributed by atoms with van der Waals surface area (Å²) in [6.45, 7) is 2.25. The van der Waals surface area contributed by atoms with Gasteiger partial charge in [-0.15, -0.1) is 0 Å². The average molecular weight is 387 g/mol. The van der Waals surface area contributed by atoms with Crippen LogP contribution in [0.3, 0.4) is 0 Å². The number of aromatic nitrogens is 1. The number of hydrogen-bond donors (Lipinski definition) is 0. The summed E-state index contributed by atoms with van der Waals surface area (Å²) in [6, 6.07) is 16.6. The minimum atomic E-state index is -1.18. The van der Waals surface area contributed by atoms with Crippen LogP contribution < -0.4 is 0 Å². The number of benzene rings is 1. The summed E-state index contributed by atoms with van der Waals surface area (Å²) >= 11 is 0. The molecule has 2 atom stereocenters. The summed E-state index contributed by atoms with van der Waals surface area (Å²) in [5.41, 5.74) is 1.79. The van der Waals surface area contributed by atoms with Gasteiger partial charge in [0, 0.05) is 24.2 Å². The lowest BCUT2D eigenvalue weighted by atomic mass is 9.88. The largest absolute Gasteiger partial charge is 0.265 e. The Kier molecular flexibility index (Phi) is 7.69. The second-order valence-electron chi connectivity index (χ2n) is 7.76. The standard InChI is InChI=1S/C25H30N4/c1-2-3-4-5-6-8-14-22(21-12-9-7-10-13-21)17-24-19-28-25(20-26,29-24)23-15-11-16-27-18-23/h7,9-13,15-16,18-19,22H,2-6,8,14,17H2,1H3. The van der Waals surface area contributed by atoms with Crippen LogP contribution in [0.25, 0.3) is 0 Å². The molecule has 150 valence electrons. The molecule has 0 bridgehead atoms. The van der Waals surface area contributed by atoms with E-state index in [0.717, 1.165) is 24.1 Å². The second kappa shape index (κ2) is 10.7. The Labute approximate surface area is 174 Å². The maximum atomic E-state index is 9.78. The number of unbranched alkanes of at least 4 members (excludes halogenated alkanes) is 5. The van der Waals surface area contributed by atoms with Crippen LogP contribution in [0, 0.1) is 11.3 Å². The molecule has 4 heteroatoms. The van der Waals surface area contributed by atoms with Crippen molar-refractivity contribution in [2.75, 3.05) is 0 Å². The first-order valence-corrected chi connectivity index (χ1v) is 10.8. The molecule has 0 spiro atoms. The fourth-order valence-electron chi connectivity index (χ4n) is 3.89. The highest BCUT2D eigenvalue weighted by Crippen LogP contribution is 2.33.